The summed E-state index contributed by atoms with van der Waals surface area (Å²) >= 11 is 0. The number of ether oxygens (including phenoxy) is 1. The first-order valence-electron chi connectivity index (χ1n) is 10.4. The molecule has 0 saturated carbocycles. The molecule has 1 N–H and O–H groups in total. The molecule has 0 aliphatic carbocycles. The van der Waals surface area contributed by atoms with Gasteiger partial charge in [-0.1, -0.05) is 60.6 Å². The predicted octanol–water partition coefficient (Wildman–Crippen LogP) is 4.50. The standard InChI is InChI=1S/C23H40N2O2.2ClH/c1-8-24-11-13-25(14-12-24)16-19(26)17-27-21-10-9-18(22(2,3)4)15-20(21)23(5,6)7;;/h9-10,15,19,26H,8,11-14,16-17H2,1-7H3;2*1H. The Kier molecular flexibility index (Phi) is 11.5. The molecular weight excluding hydrogens is 407 g/mol. The molecule has 1 aliphatic rings. The quantitative estimate of drug-likeness (QED) is 0.694. The van der Waals surface area contributed by atoms with Crippen molar-refractivity contribution in [2.45, 2.75) is 65.4 Å². The highest BCUT2D eigenvalue weighted by molar-refractivity contribution is 5.85. The summed E-state index contributed by atoms with van der Waals surface area (Å²) in [5, 5.41) is 10.5. The van der Waals surface area contributed by atoms with Crippen LogP contribution < -0.4 is 4.74 Å². The highest BCUT2D eigenvalue weighted by Gasteiger charge is 2.24. The van der Waals surface area contributed by atoms with Crippen LogP contribution in [0.4, 0.5) is 0 Å². The van der Waals surface area contributed by atoms with Crippen LogP contribution in [0.2, 0.25) is 0 Å². The summed E-state index contributed by atoms with van der Waals surface area (Å²) < 4.78 is 6.09. The molecule has 29 heavy (non-hydrogen) atoms. The number of rotatable bonds is 6. The fourth-order valence-corrected chi connectivity index (χ4v) is 3.53. The fraction of sp³-hybridized carbons (Fsp3) is 0.739. The number of aliphatic hydroxyl groups excluding tert-OH is 1. The average Bonchev–Trinajstić information content (AvgIpc) is 2.59. The second-order valence-electron chi connectivity index (χ2n) is 9.91. The Hall–Kier alpha value is -0.520. The van der Waals surface area contributed by atoms with Gasteiger partial charge in [0.05, 0.1) is 0 Å². The highest BCUT2D eigenvalue weighted by Crippen LogP contribution is 2.35. The van der Waals surface area contributed by atoms with E-state index in [2.05, 4.69) is 76.5 Å². The maximum absolute atomic E-state index is 10.5. The van der Waals surface area contributed by atoms with Gasteiger partial charge in [-0.05, 0) is 34.6 Å². The van der Waals surface area contributed by atoms with Crippen LogP contribution in [0.5, 0.6) is 5.75 Å². The molecular formula is C23H42Cl2N2O2. The lowest BCUT2D eigenvalue weighted by atomic mass is 9.80. The van der Waals surface area contributed by atoms with Crippen LogP contribution in [-0.4, -0.2) is 66.9 Å². The fourth-order valence-electron chi connectivity index (χ4n) is 3.53. The largest absolute Gasteiger partial charge is 0.491 e. The van der Waals surface area contributed by atoms with Crippen LogP contribution in [0.3, 0.4) is 0 Å². The van der Waals surface area contributed by atoms with Gasteiger partial charge in [0, 0.05) is 32.7 Å². The summed E-state index contributed by atoms with van der Waals surface area (Å²) in [7, 11) is 0. The molecule has 1 aromatic carbocycles. The van der Waals surface area contributed by atoms with Crippen molar-refractivity contribution >= 4 is 24.8 Å². The minimum absolute atomic E-state index is 0. The molecule has 1 aromatic rings. The topological polar surface area (TPSA) is 35.9 Å². The smallest absolute Gasteiger partial charge is 0.123 e. The first-order valence-corrected chi connectivity index (χ1v) is 10.4. The van der Waals surface area contributed by atoms with Gasteiger partial charge in [0.1, 0.15) is 18.5 Å². The van der Waals surface area contributed by atoms with Gasteiger partial charge in [-0.15, -0.1) is 24.8 Å². The van der Waals surface area contributed by atoms with E-state index in [0.29, 0.717) is 13.2 Å². The van der Waals surface area contributed by atoms with Gasteiger partial charge in [0.15, 0.2) is 0 Å². The Morgan fingerprint density at radius 1 is 0.931 bits per heavy atom. The number of piperazine rings is 1. The Balaban J connectivity index is 0.00000392. The SMILES string of the molecule is CCN1CCN(CC(O)COc2ccc(C(C)(C)C)cc2C(C)(C)C)CC1.Cl.Cl. The molecule has 4 nitrogen and oxygen atoms in total. The predicted molar refractivity (Wildman–Crippen MR) is 128 cm³/mol. The zero-order valence-corrected chi connectivity index (χ0v) is 21.0. The van der Waals surface area contributed by atoms with Crippen molar-refractivity contribution in [2.75, 3.05) is 45.9 Å². The van der Waals surface area contributed by atoms with Crippen LogP contribution in [-0.2, 0) is 10.8 Å². The Morgan fingerprint density at radius 2 is 1.48 bits per heavy atom. The van der Waals surface area contributed by atoms with Crippen molar-refractivity contribution in [3.63, 3.8) is 0 Å². The zero-order chi connectivity index (χ0) is 20.2. The molecule has 6 heteroatoms. The van der Waals surface area contributed by atoms with E-state index in [-0.39, 0.29) is 35.6 Å². The normalized spacial score (nSPS) is 17.2. The molecule has 0 radical (unpaired) electrons. The van der Waals surface area contributed by atoms with Gasteiger partial charge in [0.25, 0.3) is 0 Å². The molecule has 1 heterocycles. The maximum atomic E-state index is 10.5. The van der Waals surface area contributed by atoms with Crippen LogP contribution >= 0.6 is 24.8 Å². The molecule has 1 unspecified atom stereocenters. The number of aliphatic hydroxyl groups is 1. The minimum atomic E-state index is -0.465. The molecule has 0 bridgehead atoms. The first kappa shape index (κ1) is 28.5. The molecule has 1 atom stereocenters. The molecule has 2 rings (SSSR count). The van der Waals surface area contributed by atoms with Crippen molar-refractivity contribution in [1.82, 2.24) is 9.80 Å². The van der Waals surface area contributed by atoms with E-state index in [0.717, 1.165) is 38.5 Å². The lowest BCUT2D eigenvalue weighted by molar-refractivity contribution is 0.0466. The average molecular weight is 450 g/mol. The third kappa shape index (κ3) is 8.63. The number of benzene rings is 1. The molecule has 1 saturated heterocycles. The third-order valence-corrected chi connectivity index (χ3v) is 5.47. The number of hydrogen-bond acceptors (Lipinski definition) is 4. The van der Waals surface area contributed by atoms with Crippen molar-refractivity contribution in [3.05, 3.63) is 29.3 Å². The van der Waals surface area contributed by atoms with Crippen LogP contribution in [0, 0.1) is 0 Å². The second kappa shape index (κ2) is 11.8. The summed E-state index contributed by atoms with van der Waals surface area (Å²) in [4.78, 5) is 4.79. The van der Waals surface area contributed by atoms with E-state index in [4.69, 9.17) is 4.74 Å². The van der Waals surface area contributed by atoms with Gasteiger partial charge in [-0.2, -0.15) is 0 Å². The summed E-state index contributed by atoms with van der Waals surface area (Å²) in [6.07, 6.45) is -0.465. The summed E-state index contributed by atoms with van der Waals surface area (Å²) in [5.41, 5.74) is 2.63. The highest BCUT2D eigenvalue weighted by atomic mass is 35.5. The van der Waals surface area contributed by atoms with Crippen molar-refractivity contribution in [3.8, 4) is 5.75 Å². The molecule has 1 fully saturated rings. The van der Waals surface area contributed by atoms with E-state index in [9.17, 15) is 5.11 Å². The van der Waals surface area contributed by atoms with E-state index in [1.807, 2.05) is 0 Å². The van der Waals surface area contributed by atoms with Crippen molar-refractivity contribution in [1.29, 1.82) is 0 Å². The molecule has 0 amide bonds. The zero-order valence-electron chi connectivity index (χ0n) is 19.3. The summed E-state index contributed by atoms with van der Waals surface area (Å²) in [6, 6.07) is 6.50. The van der Waals surface area contributed by atoms with Gasteiger partial charge in [0.2, 0.25) is 0 Å². The van der Waals surface area contributed by atoms with Crippen molar-refractivity contribution < 1.29 is 9.84 Å². The maximum Gasteiger partial charge on any atom is 0.123 e. The lowest BCUT2D eigenvalue weighted by Gasteiger charge is -2.35. The molecule has 0 aromatic heterocycles. The number of nitrogens with zero attached hydrogens (tertiary/aromatic N) is 2. The number of hydrogen-bond donors (Lipinski definition) is 1. The summed E-state index contributed by atoms with van der Waals surface area (Å²) in [6.45, 7) is 21.9. The molecule has 1 aliphatic heterocycles. The van der Waals surface area contributed by atoms with E-state index < -0.39 is 6.10 Å². The Labute approximate surface area is 190 Å². The number of likely N-dealkylation sites (N-methyl/N-ethyl adjacent to an activating group) is 1. The minimum Gasteiger partial charge on any atom is -0.491 e. The second-order valence-corrected chi connectivity index (χ2v) is 9.91. The van der Waals surface area contributed by atoms with Crippen molar-refractivity contribution in [2.24, 2.45) is 0 Å². The van der Waals surface area contributed by atoms with E-state index in [1.54, 1.807) is 0 Å². The Bertz CT molecular complexity index is 604. The number of halogens is 2. The van der Waals surface area contributed by atoms with Gasteiger partial charge >= 0.3 is 0 Å². The van der Waals surface area contributed by atoms with Gasteiger partial charge in [-0.25, -0.2) is 0 Å². The van der Waals surface area contributed by atoms with Gasteiger partial charge < -0.3 is 14.7 Å². The summed E-state index contributed by atoms with van der Waals surface area (Å²) in [5.74, 6) is 0.894. The molecule has 170 valence electrons. The van der Waals surface area contributed by atoms with E-state index in [1.165, 1.54) is 11.1 Å². The van der Waals surface area contributed by atoms with Crippen LogP contribution in [0.15, 0.2) is 18.2 Å². The van der Waals surface area contributed by atoms with Crippen LogP contribution in [0.25, 0.3) is 0 Å². The first-order chi connectivity index (χ1) is 12.5. The lowest BCUT2D eigenvalue weighted by Crippen LogP contribution is -2.49. The van der Waals surface area contributed by atoms with E-state index >= 15 is 0 Å². The van der Waals surface area contributed by atoms with Crippen LogP contribution in [0.1, 0.15) is 59.6 Å². The third-order valence-electron chi connectivity index (χ3n) is 5.47. The van der Waals surface area contributed by atoms with Gasteiger partial charge in [-0.3, -0.25) is 4.90 Å². The molecule has 0 spiro atoms. The monoisotopic (exact) mass is 448 g/mol. The Morgan fingerprint density at radius 3 is 1.97 bits per heavy atom. The number of β-amino-alcohol motifs (C(OH)–C–C–N with tert-alkyl or cyclic N) is 1.